The Balaban J connectivity index is 0.000000860. The van der Waals surface area contributed by atoms with Crippen LogP contribution in [0.25, 0.3) is 22.5 Å². The predicted molar refractivity (Wildman–Crippen MR) is 137 cm³/mol. The van der Waals surface area contributed by atoms with E-state index in [2.05, 4.69) is 62.2 Å². The molecule has 6 heteroatoms. The van der Waals surface area contributed by atoms with Crippen LogP contribution in [-0.2, 0) is 6.54 Å². The second-order valence-electron chi connectivity index (χ2n) is 6.57. The predicted octanol–water partition coefficient (Wildman–Crippen LogP) is 8.00. The summed E-state index contributed by atoms with van der Waals surface area (Å²) in [4.78, 5) is 4.58. The van der Waals surface area contributed by atoms with E-state index >= 15 is 0 Å². The smallest absolute Gasteiger partial charge is 0.172 e. The van der Waals surface area contributed by atoms with Crippen LogP contribution in [0.3, 0.4) is 0 Å². The van der Waals surface area contributed by atoms with Gasteiger partial charge in [0, 0.05) is 18.2 Å². The fraction of sp³-hybridized carbons (Fsp3) is 0.231. The van der Waals surface area contributed by atoms with Gasteiger partial charge in [-0.1, -0.05) is 76.2 Å². The lowest BCUT2D eigenvalue weighted by atomic mass is 10.1. The molecule has 0 saturated carbocycles. The van der Waals surface area contributed by atoms with Gasteiger partial charge in [-0.15, -0.1) is 0 Å². The van der Waals surface area contributed by atoms with E-state index in [1.165, 1.54) is 6.07 Å². The number of aromatic nitrogens is 3. The number of fused-ring (bicyclic) bond motifs is 1. The van der Waals surface area contributed by atoms with Crippen LogP contribution in [0.5, 0.6) is 0 Å². The molecule has 0 aliphatic carbocycles. The standard InChI is InChI=1S/C22H18BrFN4.2C2H6/c1-14(2)16-9-7-15(8-10-16)12-25-21-11-20(17-5-3-4-6-19(17)24)27-22-18(23)13-26-28(21)22;2*1-2/h3-11,13,25H,1,12H2,2H3;2*1-2H3. The average molecular weight is 497 g/mol. The Bertz CT molecular complexity index is 1170. The fourth-order valence-corrected chi connectivity index (χ4v) is 3.32. The van der Waals surface area contributed by atoms with Crippen molar-refractivity contribution in [3.63, 3.8) is 0 Å². The molecule has 168 valence electrons. The Kier molecular flexibility index (Phi) is 9.60. The van der Waals surface area contributed by atoms with Crippen LogP contribution in [0.2, 0.25) is 0 Å². The third-order valence-corrected chi connectivity index (χ3v) is 5.06. The van der Waals surface area contributed by atoms with E-state index in [-0.39, 0.29) is 5.82 Å². The summed E-state index contributed by atoms with van der Waals surface area (Å²) < 4.78 is 16.7. The Morgan fingerprint density at radius 3 is 2.34 bits per heavy atom. The van der Waals surface area contributed by atoms with Gasteiger partial charge in [0.15, 0.2) is 5.65 Å². The maximum absolute atomic E-state index is 14.3. The van der Waals surface area contributed by atoms with Crippen molar-refractivity contribution >= 4 is 33.0 Å². The lowest BCUT2D eigenvalue weighted by Crippen LogP contribution is -2.07. The van der Waals surface area contributed by atoms with Crippen molar-refractivity contribution in [1.29, 1.82) is 0 Å². The van der Waals surface area contributed by atoms with Gasteiger partial charge in [-0.2, -0.15) is 9.61 Å². The molecular formula is C26H30BrFN4. The molecule has 0 saturated heterocycles. The molecule has 1 N–H and O–H groups in total. The van der Waals surface area contributed by atoms with Crippen LogP contribution in [-0.4, -0.2) is 14.6 Å². The van der Waals surface area contributed by atoms with Gasteiger partial charge in [-0.05, 0) is 46.1 Å². The van der Waals surface area contributed by atoms with Gasteiger partial charge in [0.1, 0.15) is 11.6 Å². The van der Waals surface area contributed by atoms with Crippen molar-refractivity contribution in [1.82, 2.24) is 14.6 Å². The summed E-state index contributed by atoms with van der Waals surface area (Å²) in [7, 11) is 0. The minimum absolute atomic E-state index is 0.309. The molecule has 0 aliphatic rings. The average Bonchev–Trinajstić information content (AvgIpc) is 3.21. The largest absolute Gasteiger partial charge is 0.366 e. The lowest BCUT2D eigenvalue weighted by Gasteiger charge is -2.12. The van der Waals surface area contributed by atoms with Crippen molar-refractivity contribution in [3.05, 3.63) is 88.8 Å². The van der Waals surface area contributed by atoms with Gasteiger partial charge in [0.25, 0.3) is 0 Å². The molecule has 2 aromatic heterocycles. The third-order valence-electron chi connectivity index (χ3n) is 4.50. The number of rotatable bonds is 5. The quantitative estimate of drug-likeness (QED) is 0.304. The number of nitrogens with zero attached hydrogens (tertiary/aromatic N) is 3. The second kappa shape index (κ2) is 12.2. The SMILES string of the molecule is C=C(C)c1ccc(CNc2cc(-c3ccccc3F)nc3c(Br)cnn23)cc1.CC.CC. The highest BCUT2D eigenvalue weighted by molar-refractivity contribution is 9.10. The molecule has 4 rings (SSSR count). The molecule has 0 bridgehead atoms. The maximum atomic E-state index is 14.3. The van der Waals surface area contributed by atoms with E-state index in [4.69, 9.17) is 0 Å². The summed E-state index contributed by atoms with van der Waals surface area (Å²) in [6, 6.07) is 16.7. The second-order valence-corrected chi connectivity index (χ2v) is 7.42. The molecule has 32 heavy (non-hydrogen) atoms. The van der Waals surface area contributed by atoms with Crippen molar-refractivity contribution in [2.24, 2.45) is 0 Å². The third kappa shape index (κ3) is 5.82. The van der Waals surface area contributed by atoms with E-state index in [1.807, 2.05) is 40.7 Å². The lowest BCUT2D eigenvalue weighted by molar-refractivity contribution is 0.630. The van der Waals surface area contributed by atoms with Gasteiger partial charge in [0.05, 0.1) is 16.4 Å². The number of allylic oxidation sites excluding steroid dienone is 1. The Hall–Kier alpha value is -2.99. The van der Waals surface area contributed by atoms with Gasteiger partial charge in [-0.3, -0.25) is 0 Å². The Labute approximate surface area is 198 Å². The molecule has 4 nitrogen and oxygen atoms in total. The summed E-state index contributed by atoms with van der Waals surface area (Å²) in [5.74, 6) is 0.425. The van der Waals surface area contributed by atoms with E-state index in [0.29, 0.717) is 23.4 Å². The van der Waals surface area contributed by atoms with Crippen LogP contribution in [0.15, 0.2) is 71.8 Å². The molecule has 0 unspecified atom stereocenters. The zero-order valence-corrected chi connectivity index (χ0v) is 20.9. The fourth-order valence-electron chi connectivity index (χ4n) is 2.97. The highest BCUT2D eigenvalue weighted by atomic mass is 79.9. The molecule has 4 aromatic rings. The first-order chi connectivity index (χ1) is 15.5. The molecule has 0 atom stereocenters. The highest BCUT2D eigenvalue weighted by Gasteiger charge is 2.13. The van der Waals surface area contributed by atoms with Gasteiger partial charge >= 0.3 is 0 Å². The number of anilines is 1. The molecule has 0 fully saturated rings. The zero-order chi connectivity index (χ0) is 23.7. The van der Waals surface area contributed by atoms with E-state index in [9.17, 15) is 4.39 Å². The number of hydrogen-bond acceptors (Lipinski definition) is 3. The molecule has 2 aromatic carbocycles. The van der Waals surface area contributed by atoms with Crippen molar-refractivity contribution in [2.75, 3.05) is 5.32 Å². The topological polar surface area (TPSA) is 42.2 Å². The summed E-state index contributed by atoms with van der Waals surface area (Å²) in [6.07, 6.45) is 1.68. The summed E-state index contributed by atoms with van der Waals surface area (Å²) in [6.45, 7) is 14.5. The van der Waals surface area contributed by atoms with E-state index < -0.39 is 0 Å². The Morgan fingerprint density at radius 1 is 1.06 bits per heavy atom. The molecule has 0 radical (unpaired) electrons. The minimum Gasteiger partial charge on any atom is -0.366 e. The molecule has 0 spiro atoms. The van der Waals surface area contributed by atoms with Crippen molar-refractivity contribution < 1.29 is 4.39 Å². The molecule has 0 aliphatic heterocycles. The first-order valence-corrected chi connectivity index (χ1v) is 11.6. The summed E-state index contributed by atoms with van der Waals surface area (Å²) >= 11 is 3.47. The van der Waals surface area contributed by atoms with E-state index in [1.54, 1.807) is 28.9 Å². The normalized spacial score (nSPS) is 9.97. The van der Waals surface area contributed by atoms with Crippen molar-refractivity contribution in [3.8, 4) is 11.3 Å². The minimum atomic E-state index is -0.309. The van der Waals surface area contributed by atoms with Gasteiger partial charge < -0.3 is 5.32 Å². The number of benzene rings is 2. The first-order valence-electron chi connectivity index (χ1n) is 10.8. The number of hydrogen-bond donors (Lipinski definition) is 1. The van der Waals surface area contributed by atoms with Crippen LogP contribution < -0.4 is 5.32 Å². The maximum Gasteiger partial charge on any atom is 0.172 e. The van der Waals surface area contributed by atoms with Gasteiger partial charge in [-0.25, -0.2) is 9.37 Å². The Morgan fingerprint density at radius 2 is 1.72 bits per heavy atom. The van der Waals surface area contributed by atoms with Crippen LogP contribution >= 0.6 is 15.9 Å². The van der Waals surface area contributed by atoms with Crippen LogP contribution in [0, 0.1) is 5.82 Å². The summed E-state index contributed by atoms with van der Waals surface area (Å²) in [5, 5.41) is 7.75. The molecular weight excluding hydrogens is 467 g/mol. The number of nitrogens with one attached hydrogen (secondary N) is 1. The molecule has 2 heterocycles. The zero-order valence-electron chi connectivity index (χ0n) is 19.3. The van der Waals surface area contributed by atoms with Gasteiger partial charge in [0.2, 0.25) is 0 Å². The van der Waals surface area contributed by atoms with E-state index in [0.717, 1.165) is 27.0 Å². The van der Waals surface area contributed by atoms with Crippen LogP contribution in [0.4, 0.5) is 10.2 Å². The monoisotopic (exact) mass is 496 g/mol. The van der Waals surface area contributed by atoms with Crippen LogP contribution in [0.1, 0.15) is 45.7 Å². The highest BCUT2D eigenvalue weighted by Crippen LogP contribution is 2.27. The molecule has 0 amide bonds. The summed E-state index contributed by atoms with van der Waals surface area (Å²) in [5.41, 5.74) is 4.90. The number of halogens is 2. The first kappa shape index (κ1) is 25.3. The van der Waals surface area contributed by atoms with Crippen molar-refractivity contribution in [2.45, 2.75) is 41.2 Å².